The Bertz CT molecular complexity index is 1260. The Morgan fingerprint density at radius 1 is 1.10 bits per heavy atom. The number of fused-ring (bicyclic) bond motifs is 1. The predicted octanol–water partition coefficient (Wildman–Crippen LogP) is 4.27. The lowest BCUT2D eigenvalue weighted by molar-refractivity contribution is -0.142. The molecule has 2 bridgehead atoms. The largest absolute Gasteiger partial charge is 0.494 e. The van der Waals surface area contributed by atoms with Crippen molar-refractivity contribution in [1.29, 1.82) is 0 Å². The maximum absolute atomic E-state index is 14.5. The first-order chi connectivity index (χ1) is 20.3. The van der Waals surface area contributed by atoms with Crippen molar-refractivity contribution in [2.75, 3.05) is 25.1 Å². The SMILES string of the molecule is CCCCCNC(=O)C1N([C@@H](CO)Cc2ccccc2)C(=O)[C@@H]2[C@@H](C(=O)Nc3ccc(OCC)cc3)[C@H]3CC(C)C12S3. The van der Waals surface area contributed by atoms with Crippen molar-refractivity contribution in [3.63, 3.8) is 0 Å². The van der Waals surface area contributed by atoms with E-state index < -0.39 is 28.7 Å². The normalized spacial score (nSPS) is 28.4. The summed E-state index contributed by atoms with van der Waals surface area (Å²) in [6.07, 6.45) is 4.10. The number of nitrogens with zero attached hydrogens (tertiary/aromatic N) is 1. The number of hydrogen-bond acceptors (Lipinski definition) is 6. The average Bonchev–Trinajstić information content (AvgIpc) is 3.59. The maximum atomic E-state index is 14.5. The van der Waals surface area contributed by atoms with Gasteiger partial charge >= 0.3 is 0 Å². The van der Waals surface area contributed by atoms with Gasteiger partial charge in [-0.1, -0.05) is 57.0 Å². The zero-order valence-corrected chi connectivity index (χ0v) is 25.6. The number of amides is 3. The molecule has 3 heterocycles. The van der Waals surface area contributed by atoms with Gasteiger partial charge in [0.2, 0.25) is 17.7 Å². The molecule has 9 heteroatoms. The van der Waals surface area contributed by atoms with Gasteiger partial charge in [0.15, 0.2) is 0 Å². The Hall–Kier alpha value is -3.04. The number of thioether (sulfide) groups is 1. The fourth-order valence-corrected chi connectivity index (χ4v) is 9.71. The highest BCUT2D eigenvalue weighted by Crippen LogP contribution is 2.68. The van der Waals surface area contributed by atoms with E-state index in [9.17, 15) is 19.5 Å². The first-order valence-electron chi connectivity index (χ1n) is 15.3. The highest BCUT2D eigenvalue weighted by molar-refractivity contribution is 8.02. The number of unbranched alkanes of at least 4 members (excludes halogenated alkanes) is 2. The van der Waals surface area contributed by atoms with Crippen LogP contribution in [0.25, 0.3) is 0 Å². The van der Waals surface area contributed by atoms with E-state index in [0.29, 0.717) is 25.3 Å². The van der Waals surface area contributed by atoms with Crippen molar-refractivity contribution >= 4 is 35.2 Å². The lowest BCUT2D eigenvalue weighted by Crippen LogP contribution is -2.58. The van der Waals surface area contributed by atoms with Crippen LogP contribution in [0.15, 0.2) is 54.6 Å². The summed E-state index contributed by atoms with van der Waals surface area (Å²) in [5, 5.41) is 16.7. The first-order valence-corrected chi connectivity index (χ1v) is 16.2. The molecule has 5 rings (SSSR count). The minimum absolute atomic E-state index is 0.0587. The van der Waals surface area contributed by atoms with E-state index in [4.69, 9.17) is 4.74 Å². The third-order valence-corrected chi connectivity index (χ3v) is 11.2. The molecule has 2 aromatic rings. The highest BCUT2D eigenvalue weighted by Gasteiger charge is 2.76. The molecule has 3 fully saturated rings. The molecule has 0 radical (unpaired) electrons. The minimum atomic E-state index is -0.759. The molecule has 3 saturated heterocycles. The number of benzene rings is 2. The van der Waals surface area contributed by atoms with Crippen LogP contribution < -0.4 is 15.4 Å². The molecule has 0 saturated carbocycles. The van der Waals surface area contributed by atoms with Crippen molar-refractivity contribution < 1.29 is 24.2 Å². The van der Waals surface area contributed by atoms with Gasteiger partial charge in [0.05, 0.1) is 35.8 Å². The van der Waals surface area contributed by atoms with Crippen molar-refractivity contribution in [1.82, 2.24) is 10.2 Å². The van der Waals surface area contributed by atoms with Crippen LogP contribution in [-0.2, 0) is 20.8 Å². The van der Waals surface area contributed by atoms with Gasteiger partial charge in [-0.05, 0) is 61.9 Å². The van der Waals surface area contributed by atoms with Gasteiger partial charge in [0, 0.05) is 17.5 Å². The van der Waals surface area contributed by atoms with Crippen LogP contribution in [0.2, 0.25) is 0 Å². The summed E-state index contributed by atoms with van der Waals surface area (Å²) < 4.78 is 4.79. The molecule has 3 N–H and O–H groups in total. The Morgan fingerprint density at radius 2 is 1.83 bits per heavy atom. The van der Waals surface area contributed by atoms with E-state index >= 15 is 0 Å². The Balaban J connectivity index is 1.47. The first kappa shape index (κ1) is 30.4. The molecule has 226 valence electrons. The number of likely N-dealkylation sites (tertiary alicyclic amines) is 1. The van der Waals surface area contributed by atoms with Gasteiger partial charge in [-0.3, -0.25) is 14.4 Å². The minimum Gasteiger partial charge on any atom is -0.494 e. The second kappa shape index (κ2) is 13.1. The Labute approximate surface area is 253 Å². The topological polar surface area (TPSA) is 108 Å². The van der Waals surface area contributed by atoms with Gasteiger partial charge in [0.25, 0.3) is 0 Å². The number of carbonyl (C=O) groups excluding carboxylic acids is 3. The van der Waals surface area contributed by atoms with Crippen LogP contribution in [0, 0.1) is 17.8 Å². The maximum Gasteiger partial charge on any atom is 0.244 e. The summed E-state index contributed by atoms with van der Waals surface area (Å²) in [6, 6.07) is 15.6. The number of aliphatic hydroxyl groups excluding tert-OH is 1. The number of ether oxygens (including phenoxy) is 1. The van der Waals surface area contributed by atoms with E-state index in [1.165, 1.54) is 0 Å². The van der Waals surface area contributed by atoms with E-state index in [1.54, 1.807) is 28.8 Å². The molecule has 2 aromatic carbocycles. The van der Waals surface area contributed by atoms with Gasteiger partial charge in [-0.15, -0.1) is 11.8 Å². The quantitative estimate of drug-likeness (QED) is 0.300. The smallest absolute Gasteiger partial charge is 0.244 e. The van der Waals surface area contributed by atoms with E-state index in [1.807, 2.05) is 49.4 Å². The van der Waals surface area contributed by atoms with Crippen molar-refractivity contribution in [2.45, 2.75) is 75.0 Å². The number of hydrogen-bond donors (Lipinski definition) is 3. The van der Waals surface area contributed by atoms with Crippen LogP contribution in [0.1, 0.15) is 52.0 Å². The van der Waals surface area contributed by atoms with E-state index in [2.05, 4.69) is 24.5 Å². The molecule has 1 spiro atoms. The van der Waals surface area contributed by atoms with Crippen LogP contribution in [0.4, 0.5) is 5.69 Å². The summed E-state index contributed by atoms with van der Waals surface area (Å²) in [5.41, 5.74) is 1.62. The predicted molar refractivity (Wildman–Crippen MR) is 165 cm³/mol. The third-order valence-electron chi connectivity index (χ3n) is 9.17. The zero-order chi connectivity index (χ0) is 29.9. The second-order valence-corrected chi connectivity index (χ2v) is 13.3. The summed E-state index contributed by atoms with van der Waals surface area (Å²) in [5.74, 6) is -1.01. The summed E-state index contributed by atoms with van der Waals surface area (Å²) in [4.78, 5) is 44.1. The summed E-state index contributed by atoms with van der Waals surface area (Å²) in [6.45, 7) is 6.97. The molecule has 8 nitrogen and oxygen atoms in total. The molecule has 42 heavy (non-hydrogen) atoms. The van der Waals surface area contributed by atoms with Gasteiger partial charge in [-0.2, -0.15) is 0 Å². The van der Waals surface area contributed by atoms with Gasteiger partial charge in [0.1, 0.15) is 11.8 Å². The van der Waals surface area contributed by atoms with E-state index in [-0.39, 0.29) is 35.5 Å². The number of carbonyl (C=O) groups is 3. The molecule has 3 unspecified atom stereocenters. The average molecular weight is 594 g/mol. The van der Waals surface area contributed by atoms with Crippen LogP contribution in [0.3, 0.4) is 0 Å². The number of anilines is 1. The van der Waals surface area contributed by atoms with Crippen molar-refractivity contribution in [2.24, 2.45) is 17.8 Å². The summed E-state index contributed by atoms with van der Waals surface area (Å²) in [7, 11) is 0. The van der Waals surface area contributed by atoms with Crippen LogP contribution in [-0.4, -0.2) is 69.6 Å². The Morgan fingerprint density at radius 3 is 2.50 bits per heavy atom. The van der Waals surface area contributed by atoms with Gasteiger partial charge < -0.3 is 25.4 Å². The summed E-state index contributed by atoms with van der Waals surface area (Å²) >= 11 is 1.65. The van der Waals surface area contributed by atoms with E-state index in [0.717, 1.165) is 37.0 Å². The zero-order valence-electron chi connectivity index (χ0n) is 24.8. The monoisotopic (exact) mass is 593 g/mol. The fraction of sp³-hybridized carbons (Fsp3) is 0.545. The molecule has 3 aliphatic rings. The van der Waals surface area contributed by atoms with Crippen LogP contribution >= 0.6 is 11.8 Å². The molecular formula is C33H43N3O5S. The molecule has 3 amide bonds. The molecule has 0 aromatic heterocycles. The Kier molecular flexibility index (Phi) is 9.47. The standard InChI is InChI=1S/C33H43N3O5S/c1-4-6-10-17-34-31(39)29-33-21(3)18-26(42-33)27(30(38)35-23-13-15-25(16-14-23)41-5-2)28(33)32(40)36(29)24(20-37)19-22-11-8-7-9-12-22/h7-9,11-16,21,24,26-29,37H,4-6,10,17-20H2,1-3H3,(H,34,39)(H,35,38)/t21?,24-,26-,27+,28+,29?,33?/m1/s1. The van der Waals surface area contributed by atoms with Crippen molar-refractivity contribution in [3.05, 3.63) is 60.2 Å². The fourth-order valence-electron chi connectivity index (χ4n) is 7.30. The molecule has 3 aliphatic heterocycles. The lowest BCUT2D eigenvalue weighted by atomic mass is 9.66. The number of rotatable bonds is 13. The molecular weight excluding hydrogens is 550 g/mol. The highest BCUT2D eigenvalue weighted by atomic mass is 32.2. The number of aliphatic hydroxyl groups is 1. The second-order valence-electron chi connectivity index (χ2n) is 11.8. The van der Waals surface area contributed by atoms with Crippen molar-refractivity contribution in [3.8, 4) is 5.75 Å². The molecule has 7 atom stereocenters. The van der Waals surface area contributed by atoms with Gasteiger partial charge in [-0.25, -0.2) is 0 Å². The number of nitrogens with one attached hydrogen (secondary N) is 2. The van der Waals surface area contributed by atoms with Crippen LogP contribution in [0.5, 0.6) is 5.75 Å². The lowest BCUT2D eigenvalue weighted by Gasteiger charge is -2.40. The third kappa shape index (κ3) is 5.53. The molecule has 0 aliphatic carbocycles.